The van der Waals surface area contributed by atoms with E-state index < -0.39 is 5.41 Å². The van der Waals surface area contributed by atoms with E-state index in [0.29, 0.717) is 25.9 Å². The Morgan fingerprint density at radius 3 is 2.56 bits per heavy atom. The number of hydrogen-bond donors (Lipinski definition) is 0. The van der Waals surface area contributed by atoms with Crippen molar-refractivity contribution in [2.24, 2.45) is 5.41 Å². The lowest BCUT2D eigenvalue weighted by Gasteiger charge is -2.42. The van der Waals surface area contributed by atoms with Crippen molar-refractivity contribution in [1.29, 1.82) is 0 Å². The normalized spacial score (nSPS) is 16.5. The van der Waals surface area contributed by atoms with Gasteiger partial charge in [-0.25, -0.2) is 0 Å². The standard InChI is InChI=1S/C18H28N4O3/c1-21(2)17(24)18(6-4-5-15-13-19-9-10-20-15)7-11-22(12-8-18)16(23)14-25-3/h9-10,13H,4-8,11-12,14H2,1-3H3. The summed E-state index contributed by atoms with van der Waals surface area (Å²) in [5.41, 5.74) is 0.554. The molecule has 2 amide bonds. The van der Waals surface area contributed by atoms with Gasteiger partial charge in [0.1, 0.15) is 6.61 Å². The van der Waals surface area contributed by atoms with Crippen molar-refractivity contribution in [3.8, 4) is 0 Å². The maximum Gasteiger partial charge on any atom is 0.248 e. The Morgan fingerprint density at radius 2 is 2.00 bits per heavy atom. The van der Waals surface area contributed by atoms with Crippen LogP contribution in [-0.2, 0) is 20.7 Å². The lowest BCUT2D eigenvalue weighted by molar-refractivity contribution is -0.148. The molecule has 1 aliphatic rings. The molecule has 0 saturated carbocycles. The number of aryl methyl sites for hydroxylation is 1. The van der Waals surface area contributed by atoms with Crippen LogP contribution in [0.5, 0.6) is 0 Å². The highest BCUT2D eigenvalue weighted by Gasteiger charge is 2.42. The van der Waals surface area contributed by atoms with Crippen molar-refractivity contribution in [2.45, 2.75) is 32.1 Å². The fourth-order valence-corrected chi connectivity index (χ4v) is 3.51. The van der Waals surface area contributed by atoms with Crippen molar-refractivity contribution >= 4 is 11.8 Å². The summed E-state index contributed by atoms with van der Waals surface area (Å²) in [5, 5.41) is 0. The second-order valence-corrected chi connectivity index (χ2v) is 6.84. The Bertz CT molecular complexity index is 569. The van der Waals surface area contributed by atoms with E-state index >= 15 is 0 Å². The summed E-state index contributed by atoms with van der Waals surface area (Å²) in [6.07, 6.45) is 9.00. The first-order valence-electron chi connectivity index (χ1n) is 8.72. The molecule has 1 aliphatic heterocycles. The smallest absolute Gasteiger partial charge is 0.248 e. The summed E-state index contributed by atoms with van der Waals surface area (Å²) in [4.78, 5) is 36.7. The molecule has 0 aromatic carbocycles. The largest absolute Gasteiger partial charge is 0.375 e. The van der Waals surface area contributed by atoms with Crippen molar-refractivity contribution < 1.29 is 14.3 Å². The second kappa shape index (κ2) is 8.89. The predicted octanol–water partition coefficient (Wildman–Crippen LogP) is 1.14. The molecule has 0 atom stereocenters. The van der Waals surface area contributed by atoms with E-state index in [4.69, 9.17) is 4.74 Å². The average molecular weight is 348 g/mol. The number of carbonyl (C=O) groups excluding carboxylic acids is 2. The molecular weight excluding hydrogens is 320 g/mol. The number of methoxy groups -OCH3 is 1. The Kier molecular flexibility index (Phi) is 6.87. The van der Waals surface area contributed by atoms with E-state index in [1.165, 1.54) is 7.11 Å². The molecule has 1 fully saturated rings. The zero-order chi connectivity index (χ0) is 18.3. The molecule has 0 aliphatic carbocycles. The minimum atomic E-state index is -0.393. The fraction of sp³-hybridized carbons (Fsp3) is 0.667. The van der Waals surface area contributed by atoms with Gasteiger partial charge >= 0.3 is 0 Å². The third kappa shape index (κ3) is 4.98. The van der Waals surface area contributed by atoms with Crippen molar-refractivity contribution in [1.82, 2.24) is 19.8 Å². The number of hydrogen-bond acceptors (Lipinski definition) is 5. The summed E-state index contributed by atoms with van der Waals surface area (Å²) in [6.45, 7) is 1.31. The van der Waals surface area contributed by atoms with E-state index in [1.807, 2.05) is 0 Å². The zero-order valence-corrected chi connectivity index (χ0v) is 15.4. The van der Waals surface area contributed by atoms with Gasteiger partial charge in [0.25, 0.3) is 0 Å². The third-order valence-electron chi connectivity index (χ3n) is 4.91. The molecule has 2 heterocycles. The van der Waals surface area contributed by atoms with Crippen molar-refractivity contribution in [3.05, 3.63) is 24.3 Å². The molecule has 0 spiro atoms. The number of piperidine rings is 1. The topological polar surface area (TPSA) is 75.6 Å². The van der Waals surface area contributed by atoms with Crippen LogP contribution < -0.4 is 0 Å². The summed E-state index contributed by atoms with van der Waals surface area (Å²) in [7, 11) is 5.12. The zero-order valence-electron chi connectivity index (χ0n) is 15.4. The Labute approximate surface area is 149 Å². The number of carbonyl (C=O) groups is 2. The van der Waals surface area contributed by atoms with Crippen molar-refractivity contribution in [2.75, 3.05) is 40.9 Å². The molecule has 138 valence electrons. The number of nitrogens with zero attached hydrogens (tertiary/aromatic N) is 4. The maximum atomic E-state index is 12.8. The van der Waals surface area contributed by atoms with Gasteiger partial charge in [0.05, 0.1) is 11.1 Å². The molecule has 0 N–H and O–H groups in total. The van der Waals surface area contributed by atoms with Crippen LogP contribution in [0.25, 0.3) is 0 Å². The van der Waals surface area contributed by atoms with Crippen LogP contribution in [0.2, 0.25) is 0 Å². The quantitative estimate of drug-likeness (QED) is 0.739. The van der Waals surface area contributed by atoms with E-state index in [9.17, 15) is 9.59 Å². The molecular formula is C18H28N4O3. The Morgan fingerprint density at radius 1 is 1.28 bits per heavy atom. The van der Waals surface area contributed by atoms with Crippen LogP contribution in [0.3, 0.4) is 0 Å². The van der Waals surface area contributed by atoms with Crippen LogP contribution in [0.1, 0.15) is 31.4 Å². The highest BCUT2D eigenvalue weighted by atomic mass is 16.5. The molecule has 1 aromatic heterocycles. The fourth-order valence-electron chi connectivity index (χ4n) is 3.51. The van der Waals surface area contributed by atoms with E-state index in [1.54, 1.807) is 42.5 Å². The van der Waals surface area contributed by atoms with Crippen LogP contribution in [0.15, 0.2) is 18.6 Å². The molecule has 1 saturated heterocycles. The molecule has 1 aromatic rings. The number of amides is 2. The van der Waals surface area contributed by atoms with Crippen LogP contribution >= 0.6 is 0 Å². The van der Waals surface area contributed by atoms with Gasteiger partial charge < -0.3 is 14.5 Å². The van der Waals surface area contributed by atoms with Crippen LogP contribution in [-0.4, -0.2) is 72.5 Å². The first-order valence-corrected chi connectivity index (χ1v) is 8.72. The van der Waals surface area contributed by atoms with E-state index in [2.05, 4.69) is 9.97 Å². The maximum absolute atomic E-state index is 12.8. The predicted molar refractivity (Wildman–Crippen MR) is 93.8 cm³/mol. The molecule has 2 rings (SSSR count). The van der Waals surface area contributed by atoms with Crippen LogP contribution in [0, 0.1) is 5.41 Å². The van der Waals surface area contributed by atoms with Crippen molar-refractivity contribution in [3.63, 3.8) is 0 Å². The van der Waals surface area contributed by atoms with Gasteiger partial charge in [0, 0.05) is 52.9 Å². The monoisotopic (exact) mass is 348 g/mol. The Balaban J connectivity index is 1.99. The number of rotatable bonds is 7. The van der Waals surface area contributed by atoms with Crippen LogP contribution in [0.4, 0.5) is 0 Å². The van der Waals surface area contributed by atoms with Gasteiger partial charge in [0.15, 0.2) is 0 Å². The summed E-state index contributed by atoms with van der Waals surface area (Å²) < 4.78 is 4.93. The molecule has 7 nitrogen and oxygen atoms in total. The lowest BCUT2D eigenvalue weighted by atomic mass is 9.73. The van der Waals surface area contributed by atoms with Gasteiger partial charge in [-0.2, -0.15) is 0 Å². The average Bonchev–Trinajstić information content (AvgIpc) is 2.62. The minimum absolute atomic E-state index is 0.00652. The molecule has 0 radical (unpaired) electrons. The van der Waals surface area contributed by atoms with Gasteiger partial charge in [-0.15, -0.1) is 0 Å². The highest BCUT2D eigenvalue weighted by Crippen LogP contribution is 2.38. The number of likely N-dealkylation sites (tertiary alicyclic amines) is 1. The lowest BCUT2D eigenvalue weighted by Crippen LogP contribution is -2.50. The Hall–Kier alpha value is -2.02. The van der Waals surface area contributed by atoms with Gasteiger partial charge in [-0.3, -0.25) is 19.6 Å². The van der Waals surface area contributed by atoms with Gasteiger partial charge in [-0.05, 0) is 32.1 Å². The number of aromatic nitrogens is 2. The first kappa shape index (κ1) is 19.3. The first-order chi connectivity index (χ1) is 12.0. The summed E-state index contributed by atoms with van der Waals surface area (Å²) in [6, 6.07) is 0. The molecule has 7 heteroatoms. The summed E-state index contributed by atoms with van der Waals surface area (Å²) >= 11 is 0. The molecule has 0 bridgehead atoms. The SMILES string of the molecule is COCC(=O)N1CCC(CCCc2cnccn2)(C(=O)N(C)C)CC1. The van der Waals surface area contributed by atoms with E-state index in [-0.39, 0.29) is 18.4 Å². The van der Waals surface area contributed by atoms with Gasteiger partial charge in [0.2, 0.25) is 11.8 Å². The third-order valence-corrected chi connectivity index (χ3v) is 4.91. The van der Waals surface area contributed by atoms with E-state index in [0.717, 1.165) is 25.0 Å². The molecule has 0 unspecified atom stereocenters. The minimum Gasteiger partial charge on any atom is -0.375 e. The second-order valence-electron chi connectivity index (χ2n) is 6.84. The number of ether oxygens (including phenoxy) is 1. The highest BCUT2D eigenvalue weighted by molar-refractivity contribution is 5.83. The molecule has 25 heavy (non-hydrogen) atoms. The summed E-state index contributed by atoms with van der Waals surface area (Å²) in [5.74, 6) is 0.151. The van der Waals surface area contributed by atoms with Gasteiger partial charge in [-0.1, -0.05) is 0 Å².